The molecule has 0 unspecified atom stereocenters. The van der Waals surface area contributed by atoms with Gasteiger partial charge in [0.1, 0.15) is 33.5 Å². The van der Waals surface area contributed by atoms with E-state index in [0.717, 1.165) is 144 Å². The molecule has 12 heteroatoms. The molecule has 6 heterocycles. The van der Waals surface area contributed by atoms with Crippen LogP contribution < -0.4 is 0 Å². The monoisotopic (exact) mass is 1700 g/mol. The summed E-state index contributed by atoms with van der Waals surface area (Å²) in [5, 5.41) is 6.71. The molecule has 17 aromatic carbocycles. The first-order valence-electron chi connectivity index (χ1n) is 44.8. The van der Waals surface area contributed by atoms with E-state index in [1.54, 1.807) is 0 Å². The van der Waals surface area contributed by atoms with Crippen molar-refractivity contribution < 1.29 is 13.3 Å². The molecule has 26 rings (SSSR count). The molecule has 0 atom stereocenters. The Bertz CT molecular complexity index is 8350. The first-order chi connectivity index (χ1) is 64.7. The van der Waals surface area contributed by atoms with Crippen molar-refractivity contribution in [3.8, 4) is 158 Å². The van der Waals surface area contributed by atoms with E-state index in [1.165, 1.54) is 61.2 Å². The minimum absolute atomic E-state index is 0.0626. The number of para-hydroxylation sites is 3. The second kappa shape index (κ2) is 31.3. The van der Waals surface area contributed by atoms with Crippen molar-refractivity contribution in [1.82, 2.24) is 44.9 Å². The van der Waals surface area contributed by atoms with Crippen LogP contribution in [0.3, 0.4) is 0 Å². The number of hydrogen-bond acceptors (Lipinski definition) is 12. The maximum absolute atomic E-state index is 6.70. The molecule has 0 saturated carbocycles. The van der Waals surface area contributed by atoms with Gasteiger partial charge in [-0.15, -0.1) is 0 Å². The van der Waals surface area contributed by atoms with Gasteiger partial charge in [0.15, 0.2) is 52.4 Å². The molecule has 3 aliphatic rings. The van der Waals surface area contributed by atoms with Gasteiger partial charge >= 0.3 is 0 Å². The van der Waals surface area contributed by atoms with Gasteiger partial charge < -0.3 is 13.3 Å². The summed E-state index contributed by atoms with van der Waals surface area (Å²) >= 11 is 0. The van der Waals surface area contributed by atoms with Gasteiger partial charge in [0, 0.05) is 110 Å². The summed E-state index contributed by atoms with van der Waals surface area (Å²) in [5.74, 6) is 5.74. The number of benzene rings is 17. The van der Waals surface area contributed by atoms with Crippen LogP contribution in [0.2, 0.25) is 0 Å². The Hall–Kier alpha value is -16.8. The molecule has 6 aromatic heterocycles. The fourth-order valence-corrected chi connectivity index (χ4v) is 20.1. The Kier molecular flexibility index (Phi) is 18.6. The molecule has 626 valence electrons. The third-order valence-electron chi connectivity index (χ3n) is 26.8. The highest BCUT2D eigenvalue weighted by atomic mass is 16.3. The first-order valence-corrected chi connectivity index (χ1v) is 44.8. The third kappa shape index (κ3) is 13.3. The van der Waals surface area contributed by atoms with E-state index in [2.05, 4.69) is 242 Å². The van der Waals surface area contributed by atoms with Gasteiger partial charge in [-0.05, 0) is 115 Å². The van der Waals surface area contributed by atoms with Gasteiger partial charge in [-0.2, -0.15) is 0 Å². The third-order valence-corrected chi connectivity index (χ3v) is 26.8. The standard InChI is InChI=1S/2C42H29N3O.C36H25N3O/c1-42(2)35-22-10-9-19-31(35)33-25-37-34(24-36(33)42)32-21-12-20-30(38(32)46-37)28-17-11-18-29(23-28)41-44-39(26-13-5-3-6-14-26)43-40(45-41)27-15-7-4-8-16-27;1-42(2)35-19-10-9-16-31(35)33-25-37-34(24-36(33)42)32-18-11-17-30(38(32)46-37)26-20-22-29(23-21-26)41-44-39(27-12-5-3-6-13-27)43-40(45-41)28-14-7-4-8-15-28;1-36(2)27-19-11-9-18-25(27)30-28(36)21-26-24-17-10-12-20-29(24)40-32(26)31(30)35-38-33(22-13-5-3-6-14-22)37-34(39-35)23-15-7-4-8-16-23/h2*3-25H,1-2H3;3-21H,1-2H3. The predicted octanol–water partition coefficient (Wildman–Crippen LogP) is 30.6. The van der Waals surface area contributed by atoms with E-state index in [4.69, 9.17) is 58.1 Å². The SMILES string of the molecule is CC1(C)c2ccccc2-c2c1cc1c(oc3ccccc31)c2-c1nc(-c2ccccc2)nc(-c2ccccc2)n1.CC1(C)c2ccccc2-c2cc3oc4c(-c5ccc(-c6nc(-c7ccccc7)nc(-c7ccccc7)n6)cc5)cccc4c3cc21.CC1(C)c2ccccc2-c2cc3oc4c(-c5cccc(-c6nc(-c7ccccc7)nc(-c7ccccc7)n6)c5)cccc4c3cc21. The Labute approximate surface area is 762 Å². The predicted molar refractivity (Wildman–Crippen MR) is 534 cm³/mol. The summed E-state index contributed by atoms with van der Waals surface area (Å²) in [4.78, 5) is 44.6. The lowest BCUT2D eigenvalue weighted by molar-refractivity contribution is 0.657. The fraction of sp³-hybridized carbons (Fsp3) is 0.0750. The van der Waals surface area contributed by atoms with Crippen LogP contribution in [0.5, 0.6) is 0 Å². The van der Waals surface area contributed by atoms with Gasteiger partial charge in [-0.25, -0.2) is 44.9 Å². The summed E-state index contributed by atoms with van der Waals surface area (Å²) in [5.41, 5.74) is 33.0. The highest BCUT2D eigenvalue weighted by Gasteiger charge is 2.41. The second-order valence-electron chi connectivity index (χ2n) is 35.8. The van der Waals surface area contributed by atoms with E-state index in [-0.39, 0.29) is 16.2 Å². The molecule has 12 nitrogen and oxygen atoms in total. The number of fused-ring (bicyclic) bond motifs is 18. The lowest BCUT2D eigenvalue weighted by atomic mass is 9.81. The summed E-state index contributed by atoms with van der Waals surface area (Å²) in [6.45, 7) is 13.9. The first kappa shape index (κ1) is 78.6. The molecule has 132 heavy (non-hydrogen) atoms. The molecular weight excluding hydrogens is 1620 g/mol. The minimum atomic E-state index is -0.190. The number of aromatic nitrogens is 9. The van der Waals surface area contributed by atoms with Crippen molar-refractivity contribution in [2.75, 3.05) is 0 Å². The zero-order chi connectivity index (χ0) is 88.5. The van der Waals surface area contributed by atoms with Crippen LogP contribution in [0.4, 0.5) is 0 Å². The van der Waals surface area contributed by atoms with Crippen LogP contribution in [0.1, 0.15) is 74.9 Å². The average molecular weight is 1700 g/mol. The summed E-state index contributed by atoms with van der Waals surface area (Å²) in [6, 6.07) is 136. The zero-order valence-corrected chi connectivity index (χ0v) is 73.3. The van der Waals surface area contributed by atoms with Crippen LogP contribution in [-0.4, -0.2) is 44.9 Å². The van der Waals surface area contributed by atoms with Crippen molar-refractivity contribution in [3.63, 3.8) is 0 Å². The molecule has 0 amide bonds. The molecule has 23 aromatic rings. The smallest absolute Gasteiger partial charge is 0.168 e. The van der Waals surface area contributed by atoms with Crippen molar-refractivity contribution in [2.24, 2.45) is 0 Å². The average Bonchev–Trinajstić information content (AvgIpc) is 1.21. The molecule has 0 bridgehead atoms. The minimum Gasteiger partial charge on any atom is -0.455 e. The van der Waals surface area contributed by atoms with E-state index in [0.29, 0.717) is 52.4 Å². The van der Waals surface area contributed by atoms with Gasteiger partial charge in [0.25, 0.3) is 0 Å². The van der Waals surface area contributed by atoms with Crippen LogP contribution >= 0.6 is 0 Å². The number of nitrogens with zero attached hydrogens (tertiary/aromatic N) is 9. The lowest BCUT2D eigenvalue weighted by Gasteiger charge is -2.22. The Morgan fingerprint density at radius 2 is 0.447 bits per heavy atom. The number of hydrogen-bond donors (Lipinski definition) is 0. The van der Waals surface area contributed by atoms with Crippen molar-refractivity contribution in [2.45, 2.75) is 57.8 Å². The Morgan fingerprint density at radius 3 is 0.879 bits per heavy atom. The quantitative estimate of drug-likeness (QED) is 0.121. The largest absolute Gasteiger partial charge is 0.455 e. The Balaban J connectivity index is 0.000000110. The van der Waals surface area contributed by atoms with Crippen molar-refractivity contribution in [3.05, 3.63) is 428 Å². The fourth-order valence-electron chi connectivity index (χ4n) is 20.1. The highest BCUT2D eigenvalue weighted by molar-refractivity contribution is 6.16. The summed E-state index contributed by atoms with van der Waals surface area (Å²) in [6.07, 6.45) is 0. The molecule has 3 aliphatic carbocycles. The van der Waals surface area contributed by atoms with E-state index in [1.807, 2.05) is 194 Å². The number of furan rings is 3. The van der Waals surface area contributed by atoms with Gasteiger partial charge in [-0.1, -0.05) is 393 Å². The van der Waals surface area contributed by atoms with Gasteiger partial charge in [0.2, 0.25) is 0 Å². The van der Waals surface area contributed by atoms with Crippen LogP contribution in [0.25, 0.3) is 224 Å². The van der Waals surface area contributed by atoms with E-state index in [9.17, 15) is 0 Å². The second-order valence-corrected chi connectivity index (χ2v) is 35.8. The zero-order valence-electron chi connectivity index (χ0n) is 73.3. The van der Waals surface area contributed by atoms with Crippen LogP contribution in [-0.2, 0) is 16.2 Å². The molecule has 0 N–H and O–H groups in total. The topological polar surface area (TPSA) is 155 Å². The molecule has 0 spiro atoms. The molecular formula is C120H83N9O3. The summed E-state index contributed by atoms with van der Waals surface area (Å²) in [7, 11) is 0. The normalized spacial score (nSPS) is 13.3. The van der Waals surface area contributed by atoms with Crippen molar-refractivity contribution >= 4 is 65.8 Å². The Morgan fingerprint density at radius 1 is 0.159 bits per heavy atom. The highest BCUT2D eigenvalue weighted by Crippen LogP contribution is 2.57. The molecule has 0 radical (unpaired) electrons. The van der Waals surface area contributed by atoms with Crippen LogP contribution in [0, 0.1) is 0 Å². The maximum Gasteiger partial charge on any atom is 0.168 e. The molecule has 0 fully saturated rings. The van der Waals surface area contributed by atoms with Gasteiger partial charge in [-0.3, -0.25) is 0 Å². The van der Waals surface area contributed by atoms with E-state index >= 15 is 0 Å². The lowest BCUT2D eigenvalue weighted by Crippen LogP contribution is -2.15. The van der Waals surface area contributed by atoms with Crippen molar-refractivity contribution in [1.29, 1.82) is 0 Å². The maximum atomic E-state index is 6.70. The van der Waals surface area contributed by atoms with Crippen LogP contribution in [0.15, 0.2) is 408 Å². The summed E-state index contributed by atoms with van der Waals surface area (Å²) < 4.78 is 20.0. The van der Waals surface area contributed by atoms with Gasteiger partial charge in [0.05, 0.1) is 5.56 Å². The molecule has 0 saturated heterocycles. The molecule has 0 aliphatic heterocycles. The number of rotatable bonds is 11. The van der Waals surface area contributed by atoms with E-state index < -0.39 is 0 Å².